The summed E-state index contributed by atoms with van der Waals surface area (Å²) in [7, 11) is 0. The third-order valence-corrected chi connectivity index (χ3v) is 5.00. The molecule has 3 amide bonds. The highest BCUT2D eigenvalue weighted by atomic mass is 35.5. The van der Waals surface area contributed by atoms with Gasteiger partial charge in [-0.2, -0.15) is 0 Å². The summed E-state index contributed by atoms with van der Waals surface area (Å²) in [6.45, 7) is 0. The number of thioether (sulfide) groups is 1. The molecule has 28 heavy (non-hydrogen) atoms. The van der Waals surface area contributed by atoms with E-state index in [1.165, 1.54) is 11.8 Å². The maximum atomic E-state index is 12.1. The van der Waals surface area contributed by atoms with Crippen LogP contribution in [-0.2, 0) is 4.79 Å². The maximum absolute atomic E-state index is 12.1. The molecule has 5 nitrogen and oxygen atoms in total. The molecule has 0 bridgehead atoms. The highest BCUT2D eigenvalue weighted by Gasteiger charge is 2.07. The third-order valence-electron chi connectivity index (χ3n) is 3.66. The Bertz CT molecular complexity index is 949. The number of amides is 3. The van der Waals surface area contributed by atoms with E-state index in [0.717, 1.165) is 10.6 Å². The molecule has 3 rings (SSSR count). The summed E-state index contributed by atoms with van der Waals surface area (Å²) in [5.41, 5.74) is 1.98. The molecular formula is C21H18ClN3O2S. The van der Waals surface area contributed by atoms with Crippen LogP contribution in [0.5, 0.6) is 0 Å². The minimum atomic E-state index is -0.314. The van der Waals surface area contributed by atoms with E-state index in [4.69, 9.17) is 11.6 Å². The van der Waals surface area contributed by atoms with Gasteiger partial charge < -0.3 is 16.0 Å². The highest BCUT2D eigenvalue weighted by Crippen LogP contribution is 2.23. The van der Waals surface area contributed by atoms with Gasteiger partial charge in [0.1, 0.15) is 0 Å². The minimum absolute atomic E-state index is 0.137. The van der Waals surface area contributed by atoms with Crippen LogP contribution in [0.3, 0.4) is 0 Å². The van der Waals surface area contributed by atoms with E-state index in [-0.39, 0.29) is 17.7 Å². The van der Waals surface area contributed by atoms with Crippen LogP contribution < -0.4 is 16.0 Å². The molecule has 0 saturated heterocycles. The van der Waals surface area contributed by atoms with Crippen LogP contribution >= 0.6 is 23.4 Å². The largest absolute Gasteiger partial charge is 0.324 e. The zero-order chi connectivity index (χ0) is 19.8. The SMILES string of the molecule is O=C(CSc1ccc(NC(=O)Nc2ccccc2)cc1)Nc1ccccc1Cl. The lowest BCUT2D eigenvalue weighted by Gasteiger charge is -2.09. The van der Waals surface area contributed by atoms with Gasteiger partial charge in [-0.25, -0.2) is 4.79 Å². The number of anilines is 3. The van der Waals surface area contributed by atoms with Crippen LogP contribution in [0.2, 0.25) is 5.02 Å². The highest BCUT2D eigenvalue weighted by molar-refractivity contribution is 8.00. The molecule has 7 heteroatoms. The van der Waals surface area contributed by atoms with E-state index in [9.17, 15) is 9.59 Å². The number of halogens is 1. The Hall–Kier alpha value is -2.96. The standard InChI is InChI=1S/C21H18ClN3O2S/c22-18-8-4-5-9-19(18)25-20(26)14-28-17-12-10-16(11-13-17)24-21(27)23-15-6-2-1-3-7-15/h1-13H,14H2,(H,25,26)(H2,23,24,27). The van der Waals surface area contributed by atoms with Crippen molar-refractivity contribution in [1.82, 2.24) is 0 Å². The van der Waals surface area contributed by atoms with Crippen molar-refractivity contribution < 1.29 is 9.59 Å². The number of hydrogen-bond donors (Lipinski definition) is 3. The van der Waals surface area contributed by atoms with E-state index in [2.05, 4.69) is 16.0 Å². The van der Waals surface area contributed by atoms with Gasteiger partial charge in [-0.15, -0.1) is 11.8 Å². The average molecular weight is 412 g/mol. The van der Waals surface area contributed by atoms with E-state index in [1.54, 1.807) is 24.3 Å². The Labute approximate surface area is 172 Å². The van der Waals surface area contributed by atoms with E-state index in [1.807, 2.05) is 54.6 Å². The molecule has 0 atom stereocenters. The average Bonchev–Trinajstić information content (AvgIpc) is 2.70. The fourth-order valence-electron chi connectivity index (χ4n) is 2.35. The molecule has 0 fully saturated rings. The van der Waals surface area contributed by atoms with Gasteiger partial charge in [0.05, 0.1) is 16.5 Å². The zero-order valence-electron chi connectivity index (χ0n) is 14.8. The summed E-state index contributed by atoms with van der Waals surface area (Å²) in [5, 5.41) is 8.81. The molecule has 3 aromatic carbocycles. The lowest BCUT2D eigenvalue weighted by atomic mass is 10.3. The van der Waals surface area contributed by atoms with Crippen molar-refractivity contribution >= 4 is 52.4 Å². The molecule has 0 unspecified atom stereocenters. The van der Waals surface area contributed by atoms with Gasteiger partial charge in [-0.3, -0.25) is 4.79 Å². The summed E-state index contributed by atoms with van der Waals surface area (Å²) in [5.74, 6) is 0.120. The molecule has 0 aliphatic rings. The Balaban J connectivity index is 1.47. The lowest BCUT2D eigenvalue weighted by molar-refractivity contribution is -0.113. The smallest absolute Gasteiger partial charge is 0.323 e. The van der Waals surface area contributed by atoms with Gasteiger partial charge in [0.25, 0.3) is 0 Å². The maximum Gasteiger partial charge on any atom is 0.323 e. The fourth-order valence-corrected chi connectivity index (χ4v) is 3.23. The summed E-state index contributed by atoms with van der Waals surface area (Å²) >= 11 is 7.43. The quantitative estimate of drug-likeness (QED) is 0.454. The number of para-hydroxylation sites is 2. The number of carbonyl (C=O) groups is 2. The molecule has 0 heterocycles. The number of carbonyl (C=O) groups excluding carboxylic acids is 2. The van der Waals surface area contributed by atoms with Crippen LogP contribution in [0.1, 0.15) is 0 Å². The van der Waals surface area contributed by atoms with Gasteiger partial charge in [0, 0.05) is 16.3 Å². The van der Waals surface area contributed by atoms with Gasteiger partial charge >= 0.3 is 6.03 Å². The lowest BCUT2D eigenvalue weighted by Crippen LogP contribution is -2.19. The van der Waals surface area contributed by atoms with Gasteiger partial charge in [-0.1, -0.05) is 41.9 Å². The fraction of sp³-hybridized carbons (Fsp3) is 0.0476. The molecule has 0 aromatic heterocycles. The van der Waals surface area contributed by atoms with E-state index in [0.29, 0.717) is 16.4 Å². The first-order valence-electron chi connectivity index (χ1n) is 8.50. The Morgan fingerprint density at radius 2 is 1.36 bits per heavy atom. The minimum Gasteiger partial charge on any atom is -0.324 e. The molecule has 3 N–H and O–H groups in total. The van der Waals surface area contributed by atoms with Crippen molar-refractivity contribution in [2.24, 2.45) is 0 Å². The molecule has 142 valence electrons. The third kappa shape index (κ3) is 6.04. The summed E-state index contributed by atoms with van der Waals surface area (Å²) in [6.07, 6.45) is 0. The van der Waals surface area contributed by atoms with Crippen molar-refractivity contribution in [3.63, 3.8) is 0 Å². The number of rotatable bonds is 6. The topological polar surface area (TPSA) is 70.2 Å². The van der Waals surface area contributed by atoms with Crippen LogP contribution in [-0.4, -0.2) is 17.7 Å². The summed E-state index contributed by atoms with van der Waals surface area (Å²) in [4.78, 5) is 25.0. The van der Waals surface area contributed by atoms with Crippen molar-refractivity contribution in [1.29, 1.82) is 0 Å². The molecule has 0 saturated carbocycles. The van der Waals surface area contributed by atoms with Gasteiger partial charge in [0.15, 0.2) is 0 Å². The van der Waals surface area contributed by atoms with E-state index < -0.39 is 0 Å². The number of urea groups is 1. The van der Waals surface area contributed by atoms with Crippen molar-refractivity contribution in [3.05, 3.63) is 83.9 Å². The zero-order valence-corrected chi connectivity index (χ0v) is 16.4. The molecule has 0 spiro atoms. The van der Waals surface area contributed by atoms with Crippen molar-refractivity contribution in [2.75, 3.05) is 21.7 Å². The first-order chi connectivity index (χ1) is 13.6. The monoisotopic (exact) mass is 411 g/mol. The molecule has 0 aliphatic carbocycles. The van der Waals surface area contributed by atoms with E-state index >= 15 is 0 Å². The molecule has 3 aromatic rings. The number of benzene rings is 3. The van der Waals surface area contributed by atoms with Crippen LogP contribution in [0.25, 0.3) is 0 Å². The second-order valence-corrected chi connectivity index (χ2v) is 7.24. The first-order valence-corrected chi connectivity index (χ1v) is 9.87. The predicted molar refractivity (Wildman–Crippen MR) is 116 cm³/mol. The molecule has 0 radical (unpaired) electrons. The predicted octanol–water partition coefficient (Wildman–Crippen LogP) is 5.71. The van der Waals surface area contributed by atoms with Gasteiger partial charge in [0.2, 0.25) is 5.91 Å². The Morgan fingerprint density at radius 1 is 0.750 bits per heavy atom. The molecular weight excluding hydrogens is 394 g/mol. The van der Waals surface area contributed by atoms with Crippen LogP contribution in [0.4, 0.5) is 21.9 Å². The second kappa shape index (κ2) is 9.82. The van der Waals surface area contributed by atoms with Crippen LogP contribution in [0.15, 0.2) is 83.8 Å². The summed E-state index contributed by atoms with van der Waals surface area (Å²) < 4.78 is 0. The second-order valence-electron chi connectivity index (χ2n) is 5.79. The normalized spacial score (nSPS) is 10.2. The van der Waals surface area contributed by atoms with Crippen molar-refractivity contribution in [3.8, 4) is 0 Å². The molecule has 0 aliphatic heterocycles. The first kappa shape index (κ1) is 19.8. The van der Waals surface area contributed by atoms with Gasteiger partial charge in [-0.05, 0) is 48.5 Å². The Morgan fingerprint density at radius 3 is 2.04 bits per heavy atom. The number of hydrogen-bond acceptors (Lipinski definition) is 3. The Kier molecular flexibility index (Phi) is 6.94. The van der Waals surface area contributed by atoms with Crippen LogP contribution in [0, 0.1) is 0 Å². The number of nitrogens with one attached hydrogen (secondary N) is 3. The van der Waals surface area contributed by atoms with Crippen molar-refractivity contribution in [2.45, 2.75) is 4.90 Å². The summed E-state index contributed by atoms with van der Waals surface area (Å²) in [6, 6.07) is 23.3.